The predicted octanol–water partition coefficient (Wildman–Crippen LogP) is 1.50. The van der Waals surface area contributed by atoms with Gasteiger partial charge in [0.2, 0.25) is 5.91 Å². The Bertz CT molecular complexity index is 158. The van der Waals surface area contributed by atoms with Crippen LogP contribution in [0.3, 0.4) is 0 Å². The van der Waals surface area contributed by atoms with Gasteiger partial charge in [-0.15, -0.1) is 11.6 Å². The zero-order valence-corrected chi connectivity index (χ0v) is 10.3. The third-order valence-corrected chi connectivity index (χ3v) is 2.62. The monoisotopic (exact) mass is 239 g/mol. The fourth-order valence-corrected chi connectivity index (χ4v) is 1.54. The van der Waals surface area contributed by atoms with Crippen LogP contribution >= 0.6 is 23.4 Å². The number of methoxy groups -OCH3 is 1. The maximum atomic E-state index is 11.1. The standard InChI is InChI=1S/C9H18ClNO2S/c1-13-7-8(10)3-5-11-9(12)4-6-14-2/h8H,3-7H2,1-2H3,(H,11,12). The van der Waals surface area contributed by atoms with Crippen molar-refractivity contribution in [2.45, 2.75) is 18.2 Å². The second-order valence-corrected chi connectivity index (χ2v) is 4.54. The summed E-state index contributed by atoms with van der Waals surface area (Å²) < 4.78 is 4.88. The lowest BCUT2D eigenvalue weighted by Crippen LogP contribution is -2.27. The van der Waals surface area contributed by atoms with E-state index in [1.165, 1.54) is 0 Å². The molecule has 0 aromatic heterocycles. The Morgan fingerprint density at radius 3 is 2.93 bits per heavy atom. The number of hydrogen-bond acceptors (Lipinski definition) is 3. The van der Waals surface area contributed by atoms with E-state index in [9.17, 15) is 4.79 Å². The van der Waals surface area contributed by atoms with Crippen LogP contribution in [0.5, 0.6) is 0 Å². The zero-order chi connectivity index (χ0) is 10.8. The van der Waals surface area contributed by atoms with Crippen molar-refractivity contribution in [3.05, 3.63) is 0 Å². The number of alkyl halides is 1. The molecule has 3 nitrogen and oxygen atoms in total. The highest BCUT2D eigenvalue weighted by Gasteiger charge is 2.04. The number of hydrogen-bond donors (Lipinski definition) is 1. The molecule has 0 bridgehead atoms. The van der Waals surface area contributed by atoms with E-state index < -0.39 is 0 Å². The summed E-state index contributed by atoms with van der Waals surface area (Å²) in [6.45, 7) is 1.16. The minimum Gasteiger partial charge on any atom is -0.383 e. The van der Waals surface area contributed by atoms with E-state index in [1.807, 2.05) is 6.26 Å². The van der Waals surface area contributed by atoms with Crippen LogP contribution in [0.1, 0.15) is 12.8 Å². The molecule has 0 spiro atoms. The van der Waals surface area contributed by atoms with Crippen molar-refractivity contribution >= 4 is 29.3 Å². The van der Waals surface area contributed by atoms with Gasteiger partial charge in [0.1, 0.15) is 0 Å². The Balaban J connectivity index is 3.30. The molecule has 0 radical (unpaired) electrons. The van der Waals surface area contributed by atoms with Crippen LogP contribution in [0.15, 0.2) is 0 Å². The molecule has 0 saturated carbocycles. The van der Waals surface area contributed by atoms with Gasteiger partial charge in [0.15, 0.2) is 0 Å². The van der Waals surface area contributed by atoms with Gasteiger partial charge in [-0.25, -0.2) is 0 Å². The van der Waals surface area contributed by atoms with Gasteiger partial charge >= 0.3 is 0 Å². The van der Waals surface area contributed by atoms with Crippen molar-refractivity contribution in [1.82, 2.24) is 5.32 Å². The molecular weight excluding hydrogens is 222 g/mol. The summed E-state index contributed by atoms with van der Waals surface area (Å²) in [6.07, 6.45) is 3.32. The SMILES string of the molecule is COCC(Cl)CCNC(=O)CCSC. The summed E-state index contributed by atoms with van der Waals surface area (Å²) in [7, 11) is 1.62. The Hall–Kier alpha value is 0.0700. The smallest absolute Gasteiger partial charge is 0.220 e. The van der Waals surface area contributed by atoms with Crippen molar-refractivity contribution < 1.29 is 9.53 Å². The fraction of sp³-hybridized carbons (Fsp3) is 0.889. The lowest BCUT2D eigenvalue weighted by molar-refractivity contribution is -0.120. The highest BCUT2D eigenvalue weighted by Crippen LogP contribution is 2.01. The van der Waals surface area contributed by atoms with Crippen molar-refractivity contribution in [3.63, 3.8) is 0 Å². The molecule has 14 heavy (non-hydrogen) atoms. The van der Waals surface area contributed by atoms with E-state index in [1.54, 1.807) is 18.9 Å². The molecular formula is C9H18ClNO2S. The second-order valence-electron chi connectivity index (χ2n) is 2.93. The first-order valence-corrected chi connectivity index (χ1v) is 6.42. The van der Waals surface area contributed by atoms with E-state index in [0.717, 1.165) is 12.2 Å². The van der Waals surface area contributed by atoms with Gasteiger partial charge < -0.3 is 10.1 Å². The van der Waals surface area contributed by atoms with Gasteiger partial charge in [0.25, 0.3) is 0 Å². The molecule has 0 aromatic carbocycles. The molecule has 0 aliphatic heterocycles. The third kappa shape index (κ3) is 8.66. The number of rotatable bonds is 8. The normalized spacial score (nSPS) is 12.5. The minimum atomic E-state index is -0.0131. The van der Waals surface area contributed by atoms with E-state index in [4.69, 9.17) is 16.3 Å². The molecule has 0 aromatic rings. The van der Waals surface area contributed by atoms with E-state index in [-0.39, 0.29) is 11.3 Å². The number of thioether (sulfide) groups is 1. The summed E-state index contributed by atoms with van der Waals surface area (Å²) in [6, 6.07) is 0. The van der Waals surface area contributed by atoms with Crippen molar-refractivity contribution in [2.75, 3.05) is 32.3 Å². The van der Waals surface area contributed by atoms with Crippen LogP contribution in [-0.4, -0.2) is 43.6 Å². The summed E-state index contributed by atoms with van der Waals surface area (Å²) >= 11 is 7.56. The highest BCUT2D eigenvalue weighted by molar-refractivity contribution is 7.98. The largest absolute Gasteiger partial charge is 0.383 e. The minimum absolute atomic E-state index is 0.0131. The Morgan fingerprint density at radius 2 is 2.36 bits per heavy atom. The first kappa shape index (κ1) is 14.1. The molecule has 0 fully saturated rings. The first-order valence-electron chi connectivity index (χ1n) is 4.59. The van der Waals surface area contributed by atoms with Crippen LogP contribution in [0.4, 0.5) is 0 Å². The van der Waals surface area contributed by atoms with E-state index in [2.05, 4.69) is 5.32 Å². The molecule has 0 heterocycles. The van der Waals surface area contributed by atoms with Crippen molar-refractivity contribution in [2.24, 2.45) is 0 Å². The Labute approximate surface area is 94.9 Å². The molecule has 1 unspecified atom stereocenters. The number of ether oxygens (including phenoxy) is 1. The van der Waals surface area contributed by atoms with Crippen molar-refractivity contribution in [1.29, 1.82) is 0 Å². The number of halogens is 1. The van der Waals surface area contributed by atoms with Gasteiger partial charge in [-0.2, -0.15) is 11.8 Å². The fourth-order valence-electron chi connectivity index (χ4n) is 0.916. The molecule has 0 aliphatic carbocycles. The quantitative estimate of drug-likeness (QED) is 0.653. The Morgan fingerprint density at radius 1 is 1.64 bits per heavy atom. The summed E-state index contributed by atoms with van der Waals surface area (Å²) in [5, 5.41) is 2.80. The van der Waals surface area contributed by atoms with Gasteiger partial charge in [-0.3, -0.25) is 4.79 Å². The van der Waals surface area contributed by atoms with Gasteiger partial charge in [-0.1, -0.05) is 0 Å². The zero-order valence-electron chi connectivity index (χ0n) is 8.72. The lowest BCUT2D eigenvalue weighted by Gasteiger charge is -2.08. The maximum absolute atomic E-state index is 11.1. The van der Waals surface area contributed by atoms with E-state index in [0.29, 0.717) is 19.6 Å². The van der Waals surface area contributed by atoms with Crippen LogP contribution < -0.4 is 5.32 Å². The molecule has 0 rings (SSSR count). The average molecular weight is 240 g/mol. The van der Waals surface area contributed by atoms with Crippen LogP contribution in [-0.2, 0) is 9.53 Å². The van der Waals surface area contributed by atoms with E-state index >= 15 is 0 Å². The lowest BCUT2D eigenvalue weighted by atomic mass is 10.3. The number of carbonyl (C=O) groups is 1. The highest BCUT2D eigenvalue weighted by atomic mass is 35.5. The molecule has 1 atom stereocenters. The molecule has 1 amide bonds. The Kier molecular flexibility index (Phi) is 9.67. The van der Waals surface area contributed by atoms with Crippen LogP contribution in [0.25, 0.3) is 0 Å². The maximum Gasteiger partial charge on any atom is 0.220 e. The molecule has 0 aliphatic rings. The average Bonchev–Trinajstić information content (AvgIpc) is 2.15. The number of carbonyl (C=O) groups excluding carboxylic acids is 1. The second kappa shape index (κ2) is 9.62. The molecule has 84 valence electrons. The van der Waals surface area contributed by atoms with Gasteiger partial charge in [0, 0.05) is 25.8 Å². The summed E-state index contributed by atoms with van der Waals surface area (Å²) in [5.41, 5.74) is 0. The summed E-state index contributed by atoms with van der Waals surface area (Å²) in [4.78, 5) is 11.1. The topological polar surface area (TPSA) is 38.3 Å². The van der Waals surface area contributed by atoms with Gasteiger partial charge in [0.05, 0.1) is 12.0 Å². The number of amides is 1. The van der Waals surface area contributed by atoms with Crippen LogP contribution in [0.2, 0.25) is 0 Å². The summed E-state index contributed by atoms with van der Waals surface area (Å²) in [5.74, 6) is 0.967. The van der Waals surface area contributed by atoms with Crippen molar-refractivity contribution in [3.8, 4) is 0 Å². The number of nitrogens with one attached hydrogen (secondary N) is 1. The third-order valence-electron chi connectivity index (χ3n) is 1.66. The molecule has 1 N–H and O–H groups in total. The molecule has 5 heteroatoms. The van der Waals surface area contributed by atoms with Gasteiger partial charge in [-0.05, 0) is 12.7 Å². The predicted molar refractivity (Wildman–Crippen MR) is 62.1 cm³/mol. The first-order chi connectivity index (χ1) is 6.70. The van der Waals surface area contributed by atoms with Crippen LogP contribution in [0, 0.1) is 0 Å². The molecule has 0 saturated heterocycles.